The first kappa shape index (κ1) is 28.0. The minimum atomic E-state index is -1.13. The number of aromatic nitrogens is 1. The molecule has 13 heteroatoms. The van der Waals surface area contributed by atoms with E-state index in [9.17, 15) is 23.2 Å². The molecule has 0 aromatic carbocycles. The molecule has 2 amide bonds. The Morgan fingerprint density at radius 2 is 1.95 bits per heavy atom. The Hall–Kier alpha value is -4.03. The van der Waals surface area contributed by atoms with Gasteiger partial charge in [-0.15, -0.1) is 0 Å². The van der Waals surface area contributed by atoms with Gasteiger partial charge < -0.3 is 19.9 Å². The normalized spacial score (nSPS) is 25.5. The van der Waals surface area contributed by atoms with Gasteiger partial charge in [0.1, 0.15) is 35.3 Å². The summed E-state index contributed by atoms with van der Waals surface area (Å²) < 4.78 is 34.3. The number of aliphatic imine (C=N–C) groups is 1. The summed E-state index contributed by atoms with van der Waals surface area (Å²) in [4.78, 5) is 44.6. The van der Waals surface area contributed by atoms with E-state index in [0.717, 1.165) is 4.90 Å². The van der Waals surface area contributed by atoms with Crippen LogP contribution < -0.4 is 16.2 Å². The van der Waals surface area contributed by atoms with Crippen LogP contribution in [0.1, 0.15) is 53.0 Å². The van der Waals surface area contributed by atoms with Crippen molar-refractivity contribution in [1.29, 1.82) is 0 Å². The average molecular weight is 546 g/mol. The second kappa shape index (κ2) is 10.6. The number of carbonyl (C=O) groups excluding carboxylic acids is 2. The number of amides is 2. The third-order valence-corrected chi connectivity index (χ3v) is 6.52. The quantitative estimate of drug-likeness (QED) is 0.418. The van der Waals surface area contributed by atoms with Crippen LogP contribution in [0.15, 0.2) is 56.5 Å². The molecule has 11 nitrogen and oxygen atoms in total. The number of anilines is 1. The number of pyridine rings is 1. The highest BCUT2D eigenvalue weighted by molar-refractivity contribution is 6.06. The van der Waals surface area contributed by atoms with Gasteiger partial charge in [0.15, 0.2) is 5.82 Å². The molecule has 0 bridgehead atoms. The molecule has 2 fully saturated rings. The molecular weight excluding hydrogens is 512 g/mol. The summed E-state index contributed by atoms with van der Waals surface area (Å²) >= 11 is 0. The Kier molecular flexibility index (Phi) is 7.62. The number of nitrogens with zero attached hydrogens (tertiary/aromatic N) is 5. The summed E-state index contributed by atoms with van der Waals surface area (Å²) in [6.07, 6.45) is 1.17. The molecule has 2 aliphatic carbocycles. The van der Waals surface area contributed by atoms with Crippen LogP contribution in [-0.4, -0.2) is 70.1 Å². The van der Waals surface area contributed by atoms with Crippen LogP contribution in [0, 0.1) is 0 Å². The molecule has 39 heavy (non-hydrogen) atoms. The fraction of sp³-hybridized carbons (Fsp3) is 0.500. The van der Waals surface area contributed by atoms with Crippen LogP contribution in [0.25, 0.3) is 0 Å². The Morgan fingerprint density at radius 1 is 1.26 bits per heavy atom. The van der Waals surface area contributed by atoms with Crippen molar-refractivity contribution in [2.75, 3.05) is 12.4 Å². The van der Waals surface area contributed by atoms with Crippen LogP contribution in [0.3, 0.4) is 0 Å². The van der Waals surface area contributed by atoms with Crippen molar-refractivity contribution < 1.29 is 23.1 Å². The molecule has 0 saturated heterocycles. The maximum atomic E-state index is 13.8. The fourth-order valence-electron chi connectivity index (χ4n) is 4.04. The molecule has 1 aromatic rings. The number of hydrogen-bond acceptors (Lipinski definition) is 8. The van der Waals surface area contributed by atoms with Gasteiger partial charge in [-0.25, -0.2) is 18.6 Å². The number of halogens is 2. The van der Waals surface area contributed by atoms with E-state index in [-0.39, 0.29) is 35.2 Å². The second-order valence-corrected chi connectivity index (χ2v) is 10.7. The summed E-state index contributed by atoms with van der Waals surface area (Å²) in [5, 5.41) is 10.7. The molecule has 1 aliphatic heterocycles. The fourth-order valence-corrected chi connectivity index (χ4v) is 4.04. The molecule has 0 spiro atoms. The van der Waals surface area contributed by atoms with Gasteiger partial charge in [0.05, 0.1) is 17.7 Å². The lowest BCUT2D eigenvalue weighted by molar-refractivity contribution is -0.119. The van der Waals surface area contributed by atoms with E-state index in [1.165, 1.54) is 41.9 Å². The van der Waals surface area contributed by atoms with Gasteiger partial charge in [0.2, 0.25) is 0 Å². The molecule has 3 aliphatic rings. The standard InChI is InChI=1S/C26H33F2N7O4/c1-14(23(36)31-17-10-9-15(17)27)22-32-20(30-18-8-7-11-34(24(18)37)19-12-16(19)28)13-21(35(22)29-5)33(6)25(38)39-26(2,3)4/h7-8,11,13,15-17,19H,5,9-10,12H2,1-4,6H3,(H,30,32)(H,31,36)/b22-14+/t15-,16-,17?,19?/m0/s1. The Bertz CT molecular complexity index is 1330. The molecule has 2 unspecified atom stereocenters. The predicted molar refractivity (Wildman–Crippen MR) is 143 cm³/mol. The minimum Gasteiger partial charge on any atom is -0.443 e. The number of nitrogens with one attached hydrogen (secondary N) is 2. The highest BCUT2D eigenvalue weighted by Gasteiger charge is 2.40. The van der Waals surface area contributed by atoms with Crippen molar-refractivity contribution in [3.05, 3.63) is 52.0 Å². The van der Waals surface area contributed by atoms with Crippen molar-refractivity contribution in [2.45, 2.75) is 77.0 Å². The van der Waals surface area contributed by atoms with Crippen LogP contribution in [-0.2, 0) is 9.53 Å². The maximum Gasteiger partial charge on any atom is 0.415 e. The summed E-state index contributed by atoms with van der Waals surface area (Å²) in [6.45, 7) is 10.2. The predicted octanol–water partition coefficient (Wildman–Crippen LogP) is 3.43. The van der Waals surface area contributed by atoms with E-state index in [0.29, 0.717) is 12.8 Å². The third-order valence-electron chi connectivity index (χ3n) is 6.52. The number of amidine groups is 1. The van der Waals surface area contributed by atoms with Gasteiger partial charge in [-0.1, -0.05) is 0 Å². The molecule has 0 radical (unpaired) electrons. The van der Waals surface area contributed by atoms with Crippen LogP contribution in [0.2, 0.25) is 0 Å². The van der Waals surface area contributed by atoms with Gasteiger partial charge in [0.25, 0.3) is 11.5 Å². The van der Waals surface area contributed by atoms with E-state index in [1.54, 1.807) is 26.8 Å². The van der Waals surface area contributed by atoms with Crippen LogP contribution in [0.5, 0.6) is 0 Å². The third kappa shape index (κ3) is 6.02. The summed E-state index contributed by atoms with van der Waals surface area (Å²) in [6, 6.07) is 1.99. The summed E-state index contributed by atoms with van der Waals surface area (Å²) in [5.74, 6) is -0.361. The lowest BCUT2D eigenvalue weighted by Gasteiger charge is -2.34. The molecule has 2 saturated carbocycles. The smallest absolute Gasteiger partial charge is 0.415 e. The SMILES string of the molecule is C=NN1C(N(C)C(=O)OC(C)(C)C)=CC(Nc2cccn(C3C[C@@H]3F)c2=O)=N/C1=C(/C)C(=O)NC1CC[C@@H]1F. The molecule has 2 N–H and O–H groups in total. The lowest BCUT2D eigenvalue weighted by atomic mass is 9.90. The van der Waals surface area contributed by atoms with Crippen molar-refractivity contribution in [3.8, 4) is 0 Å². The van der Waals surface area contributed by atoms with Gasteiger partial charge >= 0.3 is 6.09 Å². The number of carbonyl (C=O) groups is 2. The van der Waals surface area contributed by atoms with E-state index in [2.05, 4.69) is 27.4 Å². The highest BCUT2D eigenvalue weighted by atomic mass is 19.1. The van der Waals surface area contributed by atoms with Crippen molar-refractivity contribution in [2.24, 2.45) is 10.1 Å². The number of ether oxygens (including phenoxy) is 1. The van der Waals surface area contributed by atoms with Crippen molar-refractivity contribution in [3.63, 3.8) is 0 Å². The number of alkyl halides is 2. The molecular formula is C26H33F2N7O4. The minimum absolute atomic E-state index is 0.00471. The average Bonchev–Trinajstić information content (AvgIpc) is 3.60. The largest absolute Gasteiger partial charge is 0.443 e. The molecule has 1 aromatic heterocycles. The molecule has 210 valence electrons. The first-order valence-corrected chi connectivity index (χ1v) is 12.6. The number of rotatable bonds is 6. The first-order chi connectivity index (χ1) is 18.3. The van der Waals surface area contributed by atoms with E-state index < -0.39 is 47.6 Å². The lowest BCUT2D eigenvalue weighted by Crippen LogP contribution is -2.49. The summed E-state index contributed by atoms with van der Waals surface area (Å²) in [5.41, 5.74) is -1.06. The van der Waals surface area contributed by atoms with E-state index in [4.69, 9.17) is 4.74 Å². The Morgan fingerprint density at radius 3 is 2.49 bits per heavy atom. The zero-order chi connectivity index (χ0) is 28.6. The molecule has 4 atom stereocenters. The summed E-state index contributed by atoms with van der Waals surface area (Å²) in [7, 11) is 1.44. The zero-order valence-electron chi connectivity index (χ0n) is 22.6. The van der Waals surface area contributed by atoms with E-state index in [1.807, 2.05) is 0 Å². The zero-order valence-corrected chi connectivity index (χ0v) is 22.6. The van der Waals surface area contributed by atoms with Gasteiger partial charge in [-0.3, -0.25) is 14.5 Å². The second-order valence-electron chi connectivity index (χ2n) is 10.7. The Balaban J connectivity index is 1.73. The topological polar surface area (TPSA) is 121 Å². The van der Waals surface area contributed by atoms with Gasteiger partial charge in [0, 0.05) is 32.5 Å². The first-order valence-electron chi connectivity index (χ1n) is 12.6. The van der Waals surface area contributed by atoms with Crippen molar-refractivity contribution in [1.82, 2.24) is 19.8 Å². The Labute approximate surface area is 224 Å². The van der Waals surface area contributed by atoms with Crippen molar-refractivity contribution >= 4 is 30.2 Å². The van der Waals surface area contributed by atoms with Crippen LogP contribution in [0.4, 0.5) is 19.3 Å². The molecule has 2 heterocycles. The van der Waals surface area contributed by atoms with Gasteiger partial charge in [-0.05, 0) is 52.7 Å². The number of hydrazone groups is 1. The highest BCUT2D eigenvalue weighted by Crippen LogP contribution is 2.37. The number of hydrogen-bond donors (Lipinski definition) is 2. The maximum absolute atomic E-state index is 13.8. The van der Waals surface area contributed by atoms with Gasteiger partial charge in [-0.2, -0.15) is 10.1 Å². The van der Waals surface area contributed by atoms with E-state index >= 15 is 0 Å². The van der Waals surface area contributed by atoms with Crippen LogP contribution >= 0.6 is 0 Å². The molecule has 4 rings (SSSR count). The monoisotopic (exact) mass is 545 g/mol.